The number of guanidine groups is 1. The Kier molecular flexibility index (Phi) is 10.2. The van der Waals surface area contributed by atoms with Crippen molar-refractivity contribution in [1.29, 1.82) is 0 Å². The molecule has 1 amide bonds. The molecule has 162 valence electrons. The Morgan fingerprint density at radius 3 is 2.69 bits per heavy atom. The number of amides is 1. The number of aliphatic imine (C=N–C) groups is 1. The zero-order valence-electron chi connectivity index (χ0n) is 17.9. The minimum atomic E-state index is -0.931. The average molecular weight is 421 g/mol. The molecule has 1 aromatic rings. The largest absolute Gasteiger partial charge is 0.357 e. The van der Waals surface area contributed by atoms with E-state index in [1.165, 1.54) is 0 Å². The second-order valence-electron chi connectivity index (χ2n) is 7.90. The van der Waals surface area contributed by atoms with Gasteiger partial charge in [-0.1, -0.05) is 36.8 Å². The number of hydrogen-bond acceptors (Lipinski definition) is 3. The van der Waals surface area contributed by atoms with Crippen molar-refractivity contribution in [2.24, 2.45) is 10.9 Å². The first-order chi connectivity index (χ1) is 14.0. The van der Waals surface area contributed by atoms with Crippen LogP contribution in [-0.4, -0.2) is 47.0 Å². The zero-order chi connectivity index (χ0) is 21.1. The van der Waals surface area contributed by atoms with Gasteiger partial charge in [0, 0.05) is 46.9 Å². The summed E-state index contributed by atoms with van der Waals surface area (Å²) in [7, 11) is -0.931. The molecule has 7 heteroatoms. The average Bonchev–Trinajstić information content (AvgIpc) is 2.68. The monoisotopic (exact) mass is 420 g/mol. The number of carbonyl (C=O) groups excluding carboxylic acids is 1. The third-order valence-electron chi connectivity index (χ3n) is 4.92. The van der Waals surface area contributed by atoms with E-state index in [0.717, 1.165) is 43.8 Å². The van der Waals surface area contributed by atoms with E-state index in [9.17, 15) is 9.00 Å². The molecule has 2 rings (SSSR count). The third-order valence-corrected chi connectivity index (χ3v) is 6.21. The van der Waals surface area contributed by atoms with Crippen LogP contribution in [0.1, 0.15) is 52.0 Å². The van der Waals surface area contributed by atoms with Crippen LogP contribution in [0.3, 0.4) is 0 Å². The van der Waals surface area contributed by atoms with E-state index < -0.39 is 10.8 Å². The summed E-state index contributed by atoms with van der Waals surface area (Å²) in [4.78, 5) is 17.0. The van der Waals surface area contributed by atoms with Gasteiger partial charge < -0.3 is 16.0 Å². The molecular weight excluding hydrogens is 384 g/mol. The Hall–Kier alpha value is -1.89. The SMILES string of the molecule is CCNC(=NCCS(=O)Cc1ccccc1)NC1CCCC(C(=O)NC(C)C)C1. The van der Waals surface area contributed by atoms with Crippen molar-refractivity contribution in [3.05, 3.63) is 35.9 Å². The number of nitrogens with one attached hydrogen (secondary N) is 3. The molecule has 1 saturated carbocycles. The van der Waals surface area contributed by atoms with Gasteiger partial charge in [-0.05, 0) is 45.6 Å². The molecule has 0 aliphatic heterocycles. The van der Waals surface area contributed by atoms with Gasteiger partial charge in [0.05, 0.1) is 6.54 Å². The van der Waals surface area contributed by atoms with E-state index in [2.05, 4.69) is 20.9 Å². The van der Waals surface area contributed by atoms with Gasteiger partial charge >= 0.3 is 0 Å². The van der Waals surface area contributed by atoms with Crippen LogP contribution in [0.2, 0.25) is 0 Å². The highest BCUT2D eigenvalue weighted by molar-refractivity contribution is 7.84. The van der Waals surface area contributed by atoms with E-state index >= 15 is 0 Å². The van der Waals surface area contributed by atoms with Crippen LogP contribution in [0.15, 0.2) is 35.3 Å². The summed E-state index contributed by atoms with van der Waals surface area (Å²) in [6.45, 7) is 7.30. The number of nitrogens with zero attached hydrogens (tertiary/aromatic N) is 1. The lowest BCUT2D eigenvalue weighted by molar-refractivity contribution is -0.126. The highest BCUT2D eigenvalue weighted by atomic mass is 32.2. The van der Waals surface area contributed by atoms with E-state index in [1.54, 1.807) is 0 Å². The Bertz CT molecular complexity index is 679. The molecule has 1 fully saturated rings. The van der Waals surface area contributed by atoms with Gasteiger partial charge in [0.2, 0.25) is 5.91 Å². The molecule has 0 radical (unpaired) electrons. The van der Waals surface area contributed by atoms with Crippen molar-refractivity contribution >= 4 is 22.7 Å². The molecule has 1 aliphatic carbocycles. The molecule has 3 atom stereocenters. The van der Waals surface area contributed by atoms with E-state index in [4.69, 9.17) is 0 Å². The molecule has 3 unspecified atom stereocenters. The lowest BCUT2D eigenvalue weighted by Gasteiger charge is -2.30. The second-order valence-corrected chi connectivity index (χ2v) is 9.48. The summed E-state index contributed by atoms with van der Waals surface area (Å²) in [5.74, 6) is 2.07. The number of rotatable bonds is 9. The lowest BCUT2D eigenvalue weighted by atomic mass is 9.85. The summed E-state index contributed by atoms with van der Waals surface area (Å²) < 4.78 is 12.3. The number of benzene rings is 1. The van der Waals surface area contributed by atoms with Crippen LogP contribution >= 0.6 is 0 Å². The summed E-state index contributed by atoms with van der Waals surface area (Å²) >= 11 is 0. The molecule has 0 saturated heterocycles. The van der Waals surface area contributed by atoms with E-state index in [0.29, 0.717) is 18.1 Å². The molecule has 0 heterocycles. The maximum atomic E-state index is 12.3. The quantitative estimate of drug-likeness (QED) is 0.424. The van der Waals surface area contributed by atoms with Crippen LogP contribution in [0.25, 0.3) is 0 Å². The fraction of sp³-hybridized carbons (Fsp3) is 0.636. The maximum Gasteiger partial charge on any atom is 0.223 e. The molecule has 3 N–H and O–H groups in total. The Balaban J connectivity index is 1.83. The smallest absolute Gasteiger partial charge is 0.223 e. The van der Waals surface area contributed by atoms with Crippen molar-refractivity contribution in [1.82, 2.24) is 16.0 Å². The standard InChI is InChI=1S/C22H36N4O2S/c1-4-23-22(24-13-14-29(28)16-18-9-6-5-7-10-18)26-20-12-8-11-19(15-20)21(27)25-17(2)3/h5-7,9-10,17,19-20H,4,8,11-16H2,1-3H3,(H,25,27)(H2,23,24,26). The van der Waals surface area contributed by atoms with Crippen LogP contribution in [0.5, 0.6) is 0 Å². The second kappa shape index (κ2) is 12.6. The van der Waals surface area contributed by atoms with Crippen molar-refractivity contribution < 1.29 is 9.00 Å². The molecule has 1 aromatic carbocycles. The summed E-state index contributed by atoms with van der Waals surface area (Å²) in [5, 5.41) is 9.78. The highest BCUT2D eigenvalue weighted by Crippen LogP contribution is 2.24. The molecule has 0 spiro atoms. The first-order valence-corrected chi connectivity index (χ1v) is 12.2. The van der Waals surface area contributed by atoms with Gasteiger partial charge in [-0.3, -0.25) is 14.0 Å². The van der Waals surface area contributed by atoms with Gasteiger partial charge in [-0.2, -0.15) is 0 Å². The van der Waals surface area contributed by atoms with E-state index in [1.807, 2.05) is 51.1 Å². The summed E-state index contributed by atoms with van der Waals surface area (Å²) in [6, 6.07) is 10.3. The summed E-state index contributed by atoms with van der Waals surface area (Å²) in [5.41, 5.74) is 1.09. The molecule has 0 aromatic heterocycles. The lowest BCUT2D eigenvalue weighted by Crippen LogP contribution is -2.47. The normalized spacial score (nSPS) is 20.9. The van der Waals surface area contributed by atoms with Gasteiger partial charge in [-0.25, -0.2) is 0 Å². The van der Waals surface area contributed by atoms with E-state index in [-0.39, 0.29) is 23.9 Å². The predicted octanol–water partition coefficient (Wildman–Crippen LogP) is 2.57. The van der Waals surface area contributed by atoms with Crippen molar-refractivity contribution in [2.45, 2.75) is 64.3 Å². The first kappa shape index (κ1) is 23.4. The minimum absolute atomic E-state index is 0.0601. The van der Waals surface area contributed by atoms with Crippen molar-refractivity contribution in [2.75, 3.05) is 18.8 Å². The third kappa shape index (κ3) is 8.98. The van der Waals surface area contributed by atoms with Crippen molar-refractivity contribution in [3.8, 4) is 0 Å². The maximum absolute atomic E-state index is 12.3. The minimum Gasteiger partial charge on any atom is -0.357 e. The summed E-state index contributed by atoms with van der Waals surface area (Å²) in [6.07, 6.45) is 3.84. The zero-order valence-corrected chi connectivity index (χ0v) is 18.8. The van der Waals surface area contributed by atoms with Gasteiger partial charge in [0.15, 0.2) is 5.96 Å². The first-order valence-electron chi connectivity index (χ1n) is 10.7. The van der Waals surface area contributed by atoms with Crippen LogP contribution in [0.4, 0.5) is 0 Å². The fourth-order valence-corrected chi connectivity index (χ4v) is 4.57. The fourth-order valence-electron chi connectivity index (χ4n) is 3.57. The Morgan fingerprint density at radius 1 is 1.24 bits per heavy atom. The van der Waals surface area contributed by atoms with Crippen molar-refractivity contribution in [3.63, 3.8) is 0 Å². The van der Waals surface area contributed by atoms with Crippen LogP contribution in [-0.2, 0) is 21.3 Å². The van der Waals surface area contributed by atoms with Gasteiger partial charge in [0.25, 0.3) is 0 Å². The van der Waals surface area contributed by atoms with Gasteiger partial charge in [0.1, 0.15) is 0 Å². The Morgan fingerprint density at radius 2 is 2.00 bits per heavy atom. The molecule has 0 bridgehead atoms. The molecular formula is C22H36N4O2S. The molecule has 29 heavy (non-hydrogen) atoms. The van der Waals surface area contributed by atoms with Gasteiger partial charge in [-0.15, -0.1) is 0 Å². The van der Waals surface area contributed by atoms with Crippen LogP contribution < -0.4 is 16.0 Å². The predicted molar refractivity (Wildman–Crippen MR) is 121 cm³/mol. The highest BCUT2D eigenvalue weighted by Gasteiger charge is 2.27. The molecule has 6 nitrogen and oxygen atoms in total. The van der Waals surface area contributed by atoms with Crippen LogP contribution in [0, 0.1) is 5.92 Å². The Labute approximate surface area is 177 Å². The number of carbonyl (C=O) groups is 1. The molecule has 1 aliphatic rings. The topological polar surface area (TPSA) is 82.6 Å². The number of hydrogen-bond donors (Lipinski definition) is 3.